The normalized spacial score (nSPS) is 11.6. The Hall–Kier alpha value is -0.220. The van der Waals surface area contributed by atoms with Crippen molar-refractivity contribution in [2.45, 2.75) is 13.8 Å². The number of hydrogen-bond donors (Lipinski definition) is 2. The summed E-state index contributed by atoms with van der Waals surface area (Å²) in [6.45, 7) is 4.00. The fourth-order valence-electron chi connectivity index (χ4n) is 0.109. The second-order valence-corrected chi connectivity index (χ2v) is 3.18. The molecule has 7 nitrogen and oxygen atoms in total. The number of rotatable bonds is 2. The maximum absolute atomic E-state index is 9.44. The Kier molecular flexibility index (Phi) is 5.61. The van der Waals surface area contributed by atoms with Crippen LogP contribution in [0.1, 0.15) is 13.8 Å². The highest BCUT2D eigenvalue weighted by molar-refractivity contribution is 7.94. The van der Waals surface area contributed by atoms with Crippen molar-refractivity contribution in [1.29, 1.82) is 0 Å². The molecule has 0 aliphatic heterocycles. The van der Waals surface area contributed by atoms with E-state index in [4.69, 9.17) is 9.11 Å². The highest BCUT2D eigenvalue weighted by Gasteiger charge is 2.15. The van der Waals surface area contributed by atoms with Gasteiger partial charge in [0.05, 0.1) is 0 Å². The lowest BCUT2D eigenvalue weighted by Crippen LogP contribution is -2.10. The van der Waals surface area contributed by atoms with E-state index in [1.54, 1.807) is 0 Å². The SMILES string of the molecule is CC.O=S(=O)(O)OS(=O)(=O)O. The van der Waals surface area contributed by atoms with Crippen LogP contribution in [-0.2, 0) is 24.4 Å². The van der Waals surface area contributed by atoms with Crippen LogP contribution >= 0.6 is 0 Å². The molecule has 11 heavy (non-hydrogen) atoms. The van der Waals surface area contributed by atoms with Crippen LogP contribution in [0.3, 0.4) is 0 Å². The molecule has 0 amide bonds. The molecule has 2 N–H and O–H groups in total. The fraction of sp³-hybridized carbons (Fsp3) is 1.00. The molecule has 0 rings (SSSR count). The van der Waals surface area contributed by atoms with E-state index in [1.165, 1.54) is 0 Å². The highest BCUT2D eigenvalue weighted by atomic mass is 32.3. The zero-order valence-corrected chi connectivity index (χ0v) is 7.39. The van der Waals surface area contributed by atoms with Crippen molar-refractivity contribution in [3.8, 4) is 0 Å². The van der Waals surface area contributed by atoms with Crippen molar-refractivity contribution in [2.75, 3.05) is 0 Å². The van der Waals surface area contributed by atoms with Crippen LogP contribution in [-0.4, -0.2) is 25.9 Å². The maximum atomic E-state index is 9.44. The molecule has 0 aromatic carbocycles. The molecule has 0 aliphatic rings. The Morgan fingerprint density at radius 3 is 1.09 bits per heavy atom. The Morgan fingerprint density at radius 1 is 0.909 bits per heavy atom. The summed E-state index contributed by atoms with van der Waals surface area (Å²) in [4.78, 5) is 0. The molecule has 0 bridgehead atoms. The average Bonchev–Trinajstić information content (AvgIpc) is 1.60. The second-order valence-electron chi connectivity index (χ2n) is 0.924. The predicted octanol–water partition coefficient (Wildman–Crippen LogP) is -0.365. The first kappa shape index (κ1) is 13.4. The quantitative estimate of drug-likeness (QED) is 0.594. The zero-order valence-electron chi connectivity index (χ0n) is 5.75. The molecule has 0 unspecified atom stereocenters. The Balaban J connectivity index is 0. The summed E-state index contributed by atoms with van der Waals surface area (Å²) in [5.41, 5.74) is 0. The third-order valence-corrected chi connectivity index (χ3v) is 1.55. The molecule has 0 heterocycles. The molecule has 0 saturated heterocycles. The fourth-order valence-corrected chi connectivity index (χ4v) is 0.978. The lowest BCUT2D eigenvalue weighted by Gasteiger charge is -1.89. The van der Waals surface area contributed by atoms with Crippen molar-refractivity contribution in [2.24, 2.45) is 0 Å². The minimum atomic E-state index is -5.12. The Morgan fingerprint density at radius 2 is 1.09 bits per heavy atom. The topological polar surface area (TPSA) is 118 Å². The molecule has 0 saturated carbocycles. The average molecular weight is 208 g/mol. The summed E-state index contributed by atoms with van der Waals surface area (Å²) in [5, 5.41) is 0. The van der Waals surface area contributed by atoms with E-state index in [0.29, 0.717) is 0 Å². The van der Waals surface area contributed by atoms with E-state index in [-0.39, 0.29) is 0 Å². The van der Waals surface area contributed by atoms with Gasteiger partial charge in [-0.2, -0.15) is 16.8 Å². The Bertz CT molecular complexity index is 240. The van der Waals surface area contributed by atoms with Crippen LogP contribution in [0.4, 0.5) is 0 Å². The van der Waals surface area contributed by atoms with Crippen LogP contribution in [0, 0.1) is 0 Å². The van der Waals surface area contributed by atoms with E-state index < -0.39 is 20.8 Å². The van der Waals surface area contributed by atoms with Gasteiger partial charge in [-0.05, 0) is 0 Å². The monoisotopic (exact) mass is 208 g/mol. The lowest BCUT2D eigenvalue weighted by atomic mass is 11.0. The summed E-state index contributed by atoms with van der Waals surface area (Å²) in [5.74, 6) is 0. The maximum Gasteiger partial charge on any atom is 0.413 e. The summed E-state index contributed by atoms with van der Waals surface area (Å²) in [7, 11) is -10.2. The largest absolute Gasteiger partial charge is 0.413 e. The van der Waals surface area contributed by atoms with Crippen molar-refractivity contribution in [1.82, 2.24) is 0 Å². The van der Waals surface area contributed by atoms with Crippen molar-refractivity contribution in [3.05, 3.63) is 0 Å². The zero-order chi connectivity index (χ0) is 9.71. The van der Waals surface area contributed by atoms with Gasteiger partial charge >= 0.3 is 20.8 Å². The van der Waals surface area contributed by atoms with Gasteiger partial charge in [-0.1, -0.05) is 13.8 Å². The third-order valence-electron chi connectivity index (χ3n) is 0.172. The van der Waals surface area contributed by atoms with E-state index in [1.807, 2.05) is 13.8 Å². The number of hydrogen-bond acceptors (Lipinski definition) is 5. The summed E-state index contributed by atoms with van der Waals surface area (Å²) >= 11 is 0. The highest BCUT2D eigenvalue weighted by Crippen LogP contribution is 1.91. The van der Waals surface area contributed by atoms with Gasteiger partial charge in [0.15, 0.2) is 0 Å². The van der Waals surface area contributed by atoms with Gasteiger partial charge in [0.1, 0.15) is 0 Å². The van der Waals surface area contributed by atoms with Crippen molar-refractivity contribution >= 4 is 20.8 Å². The van der Waals surface area contributed by atoms with Gasteiger partial charge in [-0.25, -0.2) is 0 Å². The minimum Gasteiger partial charge on any atom is -0.263 e. The smallest absolute Gasteiger partial charge is 0.263 e. The third kappa shape index (κ3) is 17.7. The lowest BCUT2D eigenvalue weighted by molar-refractivity contribution is 0.344. The molecule has 0 aliphatic carbocycles. The van der Waals surface area contributed by atoms with Crippen LogP contribution in [0.25, 0.3) is 0 Å². The first-order valence-corrected chi connectivity index (χ1v) is 5.10. The molecule has 0 aromatic heterocycles. The summed E-state index contributed by atoms with van der Waals surface area (Å²) < 4.78 is 55.6. The predicted molar refractivity (Wildman–Crippen MR) is 35.5 cm³/mol. The first-order chi connectivity index (χ1) is 4.71. The van der Waals surface area contributed by atoms with Gasteiger partial charge in [-0.15, -0.1) is 3.63 Å². The Labute approximate surface area is 64.9 Å². The van der Waals surface area contributed by atoms with Gasteiger partial charge < -0.3 is 0 Å². The molecule has 0 radical (unpaired) electrons. The van der Waals surface area contributed by atoms with E-state index in [9.17, 15) is 16.8 Å². The van der Waals surface area contributed by atoms with Gasteiger partial charge in [-0.3, -0.25) is 9.11 Å². The van der Waals surface area contributed by atoms with Crippen LogP contribution in [0.15, 0.2) is 0 Å². The molecular weight excluding hydrogens is 200 g/mol. The van der Waals surface area contributed by atoms with Gasteiger partial charge in [0.2, 0.25) is 0 Å². The molecule has 70 valence electrons. The minimum absolute atomic E-state index is 2.00. The van der Waals surface area contributed by atoms with Crippen molar-refractivity contribution < 1.29 is 29.6 Å². The second kappa shape index (κ2) is 4.62. The molecule has 0 spiro atoms. The molecule has 9 heteroatoms. The molecular formula is C2H8O7S2. The summed E-state index contributed by atoms with van der Waals surface area (Å²) in [6.07, 6.45) is 0. The molecule has 0 atom stereocenters. The molecule has 0 aromatic rings. The van der Waals surface area contributed by atoms with Crippen LogP contribution in [0.5, 0.6) is 0 Å². The van der Waals surface area contributed by atoms with Crippen LogP contribution < -0.4 is 0 Å². The molecule has 0 fully saturated rings. The van der Waals surface area contributed by atoms with Gasteiger partial charge in [0, 0.05) is 0 Å². The van der Waals surface area contributed by atoms with Gasteiger partial charge in [0.25, 0.3) is 0 Å². The first-order valence-electron chi connectivity index (χ1n) is 2.37. The van der Waals surface area contributed by atoms with E-state index >= 15 is 0 Å². The standard InChI is InChI=1S/C2H6.H2O7S2/c1-2;1-8(2,3)7-9(4,5)6/h1-2H3;(H,1,2,3)(H,4,5,6). The van der Waals surface area contributed by atoms with Crippen molar-refractivity contribution in [3.63, 3.8) is 0 Å². The van der Waals surface area contributed by atoms with E-state index in [0.717, 1.165) is 0 Å². The van der Waals surface area contributed by atoms with E-state index in [2.05, 4.69) is 3.63 Å². The summed E-state index contributed by atoms with van der Waals surface area (Å²) in [6, 6.07) is 0. The van der Waals surface area contributed by atoms with Crippen LogP contribution in [0.2, 0.25) is 0 Å².